The van der Waals surface area contributed by atoms with Crippen molar-refractivity contribution in [3.8, 4) is 5.75 Å². The molecule has 122 valence electrons. The molecule has 1 amide bonds. The second kappa shape index (κ2) is 6.91. The van der Waals surface area contributed by atoms with Crippen LogP contribution in [0.4, 0.5) is 4.39 Å². The Hall–Kier alpha value is -2.90. The van der Waals surface area contributed by atoms with Crippen LogP contribution in [0.3, 0.4) is 0 Å². The molecule has 1 aromatic carbocycles. The van der Waals surface area contributed by atoms with E-state index >= 15 is 0 Å². The van der Waals surface area contributed by atoms with Crippen LogP contribution in [0, 0.1) is 5.82 Å². The van der Waals surface area contributed by atoms with E-state index in [4.69, 9.17) is 9.15 Å². The maximum atomic E-state index is 13.7. The van der Waals surface area contributed by atoms with Gasteiger partial charge in [0.15, 0.2) is 29.7 Å². The van der Waals surface area contributed by atoms with Crippen LogP contribution in [-0.2, 0) is 11.2 Å². The Morgan fingerprint density at radius 1 is 1.48 bits per heavy atom. The average molecular weight is 322 g/mol. The number of ether oxygens (including phenoxy) is 1. The lowest BCUT2D eigenvalue weighted by molar-refractivity contribution is -0.139. The highest BCUT2D eigenvalue weighted by Crippen LogP contribution is 2.22. The molecule has 2 rings (SSSR count). The van der Waals surface area contributed by atoms with Gasteiger partial charge in [-0.2, -0.15) is 0 Å². The third-order valence-corrected chi connectivity index (χ3v) is 3.21. The number of methoxy groups -OCH3 is 1. The summed E-state index contributed by atoms with van der Waals surface area (Å²) in [5.74, 6) is -2.44. The lowest BCUT2D eigenvalue weighted by atomic mass is 10.1. The van der Waals surface area contributed by atoms with Gasteiger partial charge in [0.2, 0.25) is 0 Å². The first-order chi connectivity index (χ1) is 11.0. The molecule has 1 atom stereocenters. The fraction of sp³-hybridized carbons (Fsp3) is 0.267. The zero-order valence-corrected chi connectivity index (χ0v) is 12.5. The highest BCUT2D eigenvalue weighted by Gasteiger charge is 2.26. The van der Waals surface area contributed by atoms with Crippen molar-refractivity contribution in [2.75, 3.05) is 7.11 Å². The summed E-state index contributed by atoms with van der Waals surface area (Å²) in [7, 11) is 1.30. The van der Waals surface area contributed by atoms with Gasteiger partial charge in [0.1, 0.15) is 5.76 Å². The van der Waals surface area contributed by atoms with Crippen LogP contribution in [0.5, 0.6) is 5.75 Å². The third-order valence-electron chi connectivity index (χ3n) is 3.21. The lowest BCUT2D eigenvalue weighted by Gasteiger charge is -2.15. The van der Waals surface area contributed by atoms with Gasteiger partial charge in [-0.15, -0.1) is 0 Å². The zero-order chi connectivity index (χ0) is 17.0. The van der Waals surface area contributed by atoms with Gasteiger partial charge in [-0.3, -0.25) is 4.79 Å². The van der Waals surface area contributed by atoms with E-state index in [0.29, 0.717) is 12.2 Å². The summed E-state index contributed by atoms with van der Waals surface area (Å²) in [6.07, 6.45) is 1.54. The molecule has 0 aliphatic heterocycles. The van der Waals surface area contributed by atoms with Gasteiger partial charge < -0.3 is 19.6 Å². The topological polar surface area (TPSA) is 102 Å². The van der Waals surface area contributed by atoms with Crippen LogP contribution < -0.4 is 10.1 Å². The first-order valence-corrected chi connectivity index (χ1v) is 6.77. The van der Waals surface area contributed by atoms with Crippen molar-refractivity contribution in [2.45, 2.75) is 19.4 Å². The molecule has 7 nitrogen and oxygen atoms in total. The lowest BCUT2D eigenvalue weighted by Crippen LogP contribution is -2.34. The number of carbonyl (C=O) groups is 2. The molecule has 0 saturated heterocycles. The largest absolute Gasteiger partial charge is 0.494 e. The number of nitrogens with zero attached hydrogens (tertiary/aromatic N) is 1. The minimum Gasteiger partial charge on any atom is -0.494 e. The molecule has 1 heterocycles. The number of hydrogen-bond donors (Lipinski definition) is 2. The molecule has 0 fully saturated rings. The van der Waals surface area contributed by atoms with Crippen LogP contribution in [0.1, 0.15) is 34.8 Å². The van der Waals surface area contributed by atoms with Crippen molar-refractivity contribution < 1.29 is 28.2 Å². The van der Waals surface area contributed by atoms with Gasteiger partial charge in [0, 0.05) is 6.42 Å². The van der Waals surface area contributed by atoms with Gasteiger partial charge in [-0.1, -0.05) is 13.0 Å². The molecule has 8 heteroatoms. The summed E-state index contributed by atoms with van der Waals surface area (Å²) in [6.45, 7) is 1.77. The first-order valence-electron chi connectivity index (χ1n) is 6.77. The van der Waals surface area contributed by atoms with E-state index in [-0.39, 0.29) is 17.0 Å². The Balaban J connectivity index is 2.27. The molecule has 2 N–H and O–H groups in total. The molecule has 0 radical (unpaired) electrons. The zero-order valence-electron chi connectivity index (χ0n) is 12.5. The highest BCUT2D eigenvalue weighted by atomic mass is 19.1. The van der Waals surface area contributed by atoms with E-state index in [1.165, 1.54) is 19.2 Å². The van der Waals surface area contributed by atoms with Gasteiger partial charge in [0.25, 0.3) is 5.91 Å². The van der Waals surface area contributed by atoms with Crippen LogP contribution in [0.15, 0.2) is 29.0 Å². The van der Waals surface area contributed by atoms with Crippen LogP contribution in [0.25, 0.3) is 0 Å². The molecule has 23 heavy (non-hydrogen) atoms. The van der Waals surface area contributed by atoms with E-state index in [1.807, 2.05) is 0 Å². The molecule has 2 aromatic rings. The maximum Gasteiger partial charge on any atom is 0.330 e. The Morgan fingerprint density at radius 3 is 2.78 bits per heavy atom. The molecule has 0 spiro atoms. The number of nitrogens with one attached hydrogen (secondary N) is 1. The van der Waals surface area contributed by atoms with Crippen molar-refractivity contribution in [3.63, 3.8) is 0 Å². The van der Waals surface area contributed by atoms with E-state index in [1.54, 1.807) is 6.92 Å². The fourth-order valence-corrected chi connectivity index (χ4v) is 2.06. The summed E-state index contributed by atoms with van der Waals surface area (Å²) < 4.78 is 23.6. The molecule has 0 aliphatic carbocycles. The Kier molecular flexibility index (Phi) is 4.95. The molecule has 0 bridgehead atoms. The highest BCUT2D eigenvalue weighted by molar-refractivity contribution is 5.96. The van der Waals surface area contributed by atoms with Crippen molar-refractivity contribution in [1.82, 2.24) is 10.3 Å². The molecule has 1 aromatic heterocycles. The Morgan fingerprint density at radius 2 is 2.22 bits per heavy atom. The summed E-state index contributed by atoms with van der Waals surface area (Å²) in [5, 5.41) is 11.6. The number of carbonyl (C=O) groups excluding carboxylic acids is 1. The molecule has 0 saturated carbocycles. The van der Waals surface area contributed by atoms with Gasteiger partial charge in [-0.25, -0.2) is 14.2 Å². The SMILES string of the molecule is CCc1ocnc1C(=O)NC(C(=O)O)c1ccc(OC)c(F)c1. The third kappa shape index (κ3) is 3.47. The van der Waals surface area contributed by atoms with E-state index in [0.717, 1.165) is 12.5 Å². The number of halogens is 1. The average Bonchev–Trinajstić information content (AvgIpc) is 3.00. The minimum atomic E-state index is -1.43. The summed E-state index contributed by atoms with van der Waals surface area (Å²) in [4.78, 5) is 27.4. The second-order valence-electron chi connectivity index (χ2n) is 4.62. The van der Waals surface area contributed by atoms with Crippen LogP contribution in [0.2, 0.25) is 0 Å². The predicted octanol–water partition coefficient (Wildman–Crippen LogP) is 1.94. The number of rotatable bonds is 6. The molecule has 0 aliphatic rings. The van der Waals surface area contributed by atoms with E-state index in [9.17, 15) is 19.1 Å². The van der Waals surface area contributed by atoms with Crippen LogP contribution >= 0.6 is 0 Å². The minimum absolute atomic E-state index is 0.00716. The van der Waals surface area contributed by atoms with Gasteiger partial charge >= 0.3 is 5.97 Å². The number of carboxylic acids is 1. The van der Waals surface area contributed by atoms with E-state index in [2.05, 4.69) is 10.3 Å². The van der Waals surface area contributed by atoms with E-state index < -0.39 is 23.7 Å². The number of benzene rings is 1. The number of amides is 1. The fourth-order valence-electron chi connectivity index (χ4n) is 2.06. The Labute approximate surface area is 131 Å². The molecular weight excluding hydrogens is 307 g/mol. The van der Waals surface area contributed by atoms with Crippen molar-refractivity contribution in [1.29, 1.82) is 0 Å². The number of aromatic nitrogens is 1. The number of aryl methyl sites for hydroxylation is 1. The number of aliphatic carboxylic acids is 1. The number of oxazole rings is 1. The summed E-state index contributed by atoms with van der Waals surface area (Å²) in [5.41, 5.74) is 0.0819. The van der Waals surface area contributed by atoms with Crippen molar-refractivity contribution >= 4 is 11.9 Å². The Bertz CT molecular complexity index is 728. The number of carboxylic acid groups (broad SMARTS) is 1. The summed E-state index contributed by atoms with van der Waals surface area (Å²) >= 11 is 0. The van der Waals surface area contributed by atoms with Crippen molar-refractivity contribution in [3.05, 3.63) is 47.4 Å². The first kappa shape index (κ1) is 16.5. The van der Waals surface area contributed by atoms with Gasteiger partial charge in [0.05, 0.1) is 7.11 Å². The second-order valence-corrected chi connectivity index (χ2v) is 4.62. The molecular formula is C15H15FN2O5. The predicted molar refractivity (Wildman–Crippen MR) is 76.7 cm³/mol. The molecule has 1 unspecified atom stereocenters. The standard InChI is InChI=1S/C15H15FN2O5/c1-3-10-13(17-7-23-10)14(19)18-12(15(20)21)8-4-5-11(22-2)9(16)6-8/h4-7,12H,3H2,1-2H3,(H,18,19)(H,20,21). The quantitative estimate of drug-likeness (QED) is 0.843. The van der Waals surface area contributed by atoms with Crippen LogP contribution in [-0.4, -0.2) is 29.1 Å². The summed E-state index contributed by atoms with van der Waals surface area (Å²) in [6, 6.07) is 2.23. The monoisotopic (exact) mass is 322 g/mol. The normalized spacial score (nSPS) is 11.8. The smallest absolute Gasteiger partial charge is 0.330 e. The maximum absolute atomic E-state index is 13.7. The number of hydrogen-bond acceptors (Lipinski definition) is 5. The van der Waals surface area contributed by atoms with Gasteiger partial charge in [-0.05, 0) is 17.7 Å². The van der Waals surface area contributed by atoms with Crippen molar-refractivity contribution in [2.24, 2.45) is 0 Å².